The third kappa shape index (κ3) is 4.81. The van der Waals surface area contributed by atoms with Gasteiger partial charge in [-0.05, 0) is 18.6 Å². The van der Waals surface area contributed by atoms with E-state index in [9.17, 15) is 4.79 Å². The van der Waals surface area contributed by atoms with E-state index in [4.69, 9.17) is 0 Å². The molecule has 0 radical (unpaired) electrons. The molecule has 0 unspecified atom stereocenters. The van der Waals surface area contributed by atoms with Crippen molar-refractivity contribution >= 4 is 22.6 Å². The molecule has 21 heavy (non-hydrogen) atoms. The summed E-state index contributed by atoms with van der Waals surface area (Å²) in [5.74, 6) is 0. The maximum absolute atomic E-state index is 11.9. The molecule has 0 spiro atoms. The summed E-state index contributed by atoms with van der Waals surface area (Å²) in [7, 11) is 0. The topological polar surface area (TPSA) is 56.9 Å². The van der Waals surface area contributed by atoms with Crippen LogP contribution >= 0.6 is 0 Å². The third-order valence-corrected chi connectivity index (χ3v) is 3.65. The second kappa shape index (κ2) is 8.35. The number of carbonyl (C=O) groups is 1. The molecule has 4 nitrogen and oxygen atoms in total. The van der Waals surface area contributed by atoms with Gasteiger partial charge >= 0.3 is 6.03 Å². The molecule has 0 atom stereocenters. The average Bonchev–Trinajstić information content (AvgIpc) is 2.96. The second-order valence-corrected chi connectivity index (χ2v) is 5.40. The van der Waals surface area contributed by atoms with Crippen molar-refractivity contribution in [2.45, 2.75) is 45.4 Å². The molecule has 114 valence electrons. The number of fused-ring (bicyclic) bond motifs is 1. The van der Waals surface area contributed by atoms with Gasteiger partial charge in [-0.2, -0.15) is 0 Å². The Labute approximate surface area is 126 Å². The third-order valence-electron chi connectivity index (χ3n) is 3.65. The van der Waals surface area contributed by atoms with Crippen LogP contribution in [0.15, 0.2) is 30.5 Å². The molecule has 1 aromatic carbocycles. The van der Waals surface area contributed by atoms with Crippen molar-refractivity contribution in [3.63, 3.8) is 0 Å². The molecule has 3 N–H and O–H groups in total. The van der Waals surface area contributed by atoms with E-state index in [0.717, 1.165) is 29.6 Å². The van der Waals surface area contributed by atoms with E-state index < -0.39 is 0 Å². The summed E-state index contributed by atoms with van der Waals surface area (Å²) < 4.78 is 0. The van der Waals surface area contributed by atoms with Gasteiger partial charge < -0.3 is 15.6 Å². The van der Waals surface area contributed by atoms with E-state index in [1.165, 1.54) is 32.1 Å². The van der Waals surface area contributed by atoms with Gasteiger partial charge in [-0.25, -0.2) is 4.79 Å². The Morgan fingerprint density at radius 1 is 1.10 bits per heavy atom. The summed E-state index contributed by atoms with van der Waals surface area (Å²) in [5.41, 5.74) is 1.78. The van der Waals surface area contributed by atoms with Crippen molar-refractivity contribution in [3.8, 4) is 0 Å². The van der Waals surface area contributed by atoms with Gasteiger partial charge in [0.05, 0.1) is 11.2 Å². The fourth-order valence-corrected chi connectivity index (χ4v) is 2.46. The predicted molar refractivity (Wildman–Crippen MR) is 88.7 cm³/mol. The summed E-state index contributed by atoms with van der Waals surface area (Å²) >= 11 is 0. The number of H-pyrrole nitrogens is 1. The monoisotopic (exact) mass is 287 g/mol. The number of aromatic nitrogens is 1. The Morgan fingerprint density at radius 2 is 1.90 bits per heavy atom. The second-order valence-electron chi connectivity index (χ2n) is 5.40. The van der Waals surface area contributed by atoms with Crippen LogP contribution in [-0.2, 0) is 0 Å². The average molecular weight is 287 g/mol. The first kappa shape index (κ1) is 15.4. The molecular weight excluding hydrogens is 262 g/mol. The van der Waals surface area contributed by atoms with Crippen LogP contribution in [0, 0.1) is 0 Å². The van der Waals surface area contributed by atoms with Crippen LogP contribution in [0.4, 0.5) is 10.5 Å². The van der Waals surface area contributed by atoms with Gasteiger partial charge in [-0.3, -0.25) is 0 Å². The summed E-state index contributed by atoms with van der Waals surface area (Å²) in [6.07, 6.45) is 9.26. The fourth-order valence-electron chi connectivity index (χ4n) is 2.46. The highest BCUT2D eigenvalue weighted by molar-refractivity contribution is 5.99. The quantitative estimate of drug-likeness (QED) is 0.608. The smallest absolute Gasteiger partial charge is 0.319 e. The Bertz CT molecular complexity index is 562. The van der Waals surface area contributed by atoms with Crippen LogP contribution in [-0.4, -0.2) is 17.6 Å². The molecule has 2 rings (SSSR count). The molecule has 1 aromatic heterocycles. The van der Waals surface area contributed by atoms with Crippen molar-refractivity contribution < 1.29 is 4.79 Å². The first-order valence-electron chi connectivity index (χ1n) is 7.92. The predicted octanol–water partition coefficient (Wildman–Crippen LogP) is 4.65. The number of amides is 2. The number of hydrogen-bond donors (Lipinski definition) is 3. The van der Waals surface area contributed by atoms with Gasteiger partial charge in [-0.1, -0.05) is 51.2 Å². The summed E-state index contributed by atoms with van der Waals surface area (Å²) in [5, 5.41) is 6.92. The maximum Gasteiger partial charge on any atom is 0.319 e. The van der Waals surface area contributed by atoms with Crippen LogP contribution in [0.5, 0.6) is 0 Å². The zero-order valence-electron chi connectivity index (χ0n) is 12.7. The Balaban J connectivity index is 1.69. The highest BCUT2D eigenvalue weighted by atomic mass is 16.2. The molecule has 1 heterocycles. The SMILES string of the molecule is CCCCCCCCNC(=O)Nc1cccc2cc[nH]c12. The molecule has 0 saturated heterocycles. The van der Waals surface area contributed by atoms with E-state index in [1.807, 2.05) is 30.5 Å². The summed E-state index contributed by atoms with van der Waals surface area (Å²) in [6, 6.07) is 7.73. The number of aromatic amines is 1. The lowest BCUT2D eigenvalue weighted by Crippen LogP contribution is -2.29. The van der Waals surface area contributed by atoms with Crippen LogP contribution in [0.3, 0.4) is 0 Å². The molecule has 0 aliphatic carbocycles. The van der Waals surface area contributed by atoms with Crippen molar-refractivity contribution in [1.82, 2.24) is 10.3 Å². The van der Waals surface area contributed by atoms with E-state index in [-0.39, 0.29) is 6.03 Å². The molecule has 4 heteroatoms. The molecule has 0 fully saturated rings. The molecule has 0 bridgehead atoms. The standard InChI is InChI=1S/C17H25N3O/c1-2-3-4-5-6-7-12-19-17(21)20-15-10-8-9-14-11-13-18-16(14)15/h8-11,13,18H,2-7,12H2,1H3,(H2,19,20,21). The minimum Gasteiger partial charge on any atom is -0.359 e. The lowest BCUT2D eigenvalue weighted by atomic mass is 10.1. The van der Waals surface area contributed by atoms with Crippen molar-refractivity contribution in [2.75, 3.05) is 11.9 Å². The van der Waals surface area contributed by atoms with E-state index in [1.54, 1.807) is 0 Å². The zero-order valence-corrected chi connectivity index (χ0v) is 12.7. The molecule has 0 saturated carbocycles. The highest BCUT2D eigenvalue weighted by Crippen LogP contribution is 2.21. The molecule has 2 amide bonds. The number of nitrogens with one attached hydrogen (secondary N) is 3. The normalized spacial score (nSPS) is 10.7. The molecular formula is C17H25N3O. The number of benzene rings is 1. The van der Waals surface area contributed by atoms with Crippen LogP contribution in [0.1, 0.15) is 45.4 Å². The maximum atomic E-state index is 11.9. The first-order chi connectivity index (χ1) is 10.3. The summed E-state index contributed by atoms with van der Waals surface area (Å²) in [4.78, 5) is 15.0. The Hall–Kier alpha value is -1.97. The number of para-hydroxylation sites is 1. The number of unbranched alkanes of at least 4 members (excludes halogenated alkanes) is 5. The van der Waals surface area contributed by atoms with E-state index >= 15 is 0 Å². The van der Waals surface area contributed by atoms with Crippen molar-refractivity contribution in [3.05, 3.63) is 30.5 Å². The van der Waals surface area contributed by atoms with Crippen molar-refractivity contribution in [2.24, 2.45) is 0 Å². The Morgan fingerprint density at radius 3 is 2.76 bits per heavy atom. The number of carbonyl (C=O) groups excluding carboxylic acids is 1. The Kier molecular flexibility index (Phi) is 6.13. The van der Waals surface area contributed by atoms with Crippen LogP contribution in [0.25, 0.3) is 10.9 Å². The summed E-state index contributed by atoms with van der Waals surface area (Å²) in [6.45, 7) is 2.95. The number of urea groups is 1. The zero-order chi connectivity index (χ0) is 14.9. The lowest BCUT2D eigenvalue weighted by molar-refractivity contribution is 0.252. The molecule has 0 aliphatic rings. The first-order valence-corrected chi connectivity index (χ1v) is 7.92. The minimum atomic E-state index is -0.134. The van der Waals surface area contributed by atoms with Gasteiger partial charge in [0.2, 0.25) is 0 Å². The number of rotatable bonds is 8. The lowest BCUT2D eigenvalue weighted by Gasteiger charge is -2.08. The van der Waals surface area contributed by atoms with E-state index in [0.29, 0.717) is 0 Å². The highest BCUT2D eigenvalue weighted by Gasteiger charge is 2.05. The van der Waals surface area contributed by atoms with Gasteiger partial charge in [0.15, 0.2) is 0 Å². The minimum absolute atomic E-state index is 0.134. The number of anilines is 1. The van der Waals surface area contributed by atoms with Crippen LogP contribution in [0.2, 0.25) is 0 Å². The molecule has 0 aliphatic heterocycles. The van der Waals surface area contributed by atoms with Gasteiger partial charge in [0.25, 0.3) is 0 Å². The van der Waals surface area contributed by atoms with E-state index in [2.05, 4.69) is 22.5 Å². The van der Waals surface area contributed by atoms with Gasteiger partial charge in [-0.15, -0.1) is 0 Å². The fraction of sp³-hybridized carbons (Fsp3) is 0.471. The van der Waals surface area contributed by atoms with Gasteiger partial charge in [0, 0.05) is 18.1 Å². The van der Waals surface area contributed by atoms with Crippen molar-refractivity contribution in [1.29, 1.82) is 0 Å². The van der Waals surface area contributed by atoms with Gasteiger partial charge in [0.1, 0.15) is 0 Å². The van der Waals surface area contributed by atoms with Crippen LogP contribution < -0.4 is 10.6 Å². The number of hydrogen-bond acceptors (Lipinski definition) is 1. The largest absolute Gasteiger partial charge is 0.359 e. The molecule has 2 aromatic rings.